The molecule has 0 heterocycles. The second-order valence-corrected chi connectivity index (χ2v) is 2.93. The summed E-state index contributed by atoms with van der Waals surface area (Å²) in [4.78, 5) is 12.4. The summed E-state index contributed by atoms with van der Waals surface area (Å²) in [6.07, 6.45) is 0. The van der Waals surface area contributed by atoms with Crippen LogP contribution in [0.1, 0.15) is 6.92 Å². The Hall–Kier alpha value is -0.220. The van der Waals surface area contributed by atoms with Crippen LogP contribution in [0.25, 0.3) is 0 Å². The number of rotatable bonds is 3. The van der Waals surface area contributed by atoms with Crippen molar-refractivity contribution in [3.05, 3.63) is 0 Å². The molecule has 0 aromatic carbocycles. The van der Waals surface area contributed by atoms with Gasteiger partial charge in [-0.2, -0.15) is 12.6 Å². The Kier molecular flexibility index (Phi) is 4.47. The van der Waals surface area contributed by atoms with E-state index in [0.29, 0.717) is 6.54 Å². The van der Waals surface area contributed by atoms with Crippen LogP contribution in [0.3, 0.4) is 0 Å². The number of amides is 1. The van der Waals surface area contributed by atoms with Gasteiger partial charge in [0, 0.05) is 13.6 Å². The van der Waals surface area contributed by atoms with E-state index in [-0.39, 0.29) is 17.8 Å². The van der Waals surface area contributed by atoms with Crippen molar-refractivity contribution in [3.63, 3.8) is 0 Å². The van der Waals surface area contributed by atoms with E-state index in [4.69, 9.17) is 5.11 Å². The Balaban J connectivity index is 3.71. The predicted octanol–water partition coefficient (Wildman–Crippen LogP) is -0.245. The van der Waals surface area contributed by atoms with Crippen LogP contribution in [0.5, 0.6) is 0 Å². The first kappa shape index (κ1) is 9.78. The molecule has 1 atom stereocenters. The molecule has 1 unspecified atom stereocenters. The fourth-order valence-corrected chi connectivity index (χ4v) is 0.776. The van der Waals surface area contributed by atoms with Crippen LogP contribution in [0.15, 0.2) is 0 Å². The highest BCUT2D eigenvalue weighted by molar-refractivity contribution is 7.81. The highest BCUT2D eigenvalue weighted by atomic mass is 32.1. The van der Waals surface area contributed by atoms with Crippen molar-refractivity contribution in [1.29, 1.82) is 0 Å². The van der Waals surface area contributed by atoms with E-state index in [2.05, 4.69) is 12.6 Å². The molecule has 0 bridgehead atoms. The minimum Gasteiger partial charge on any atom is -0.395 e. The summed E-state index contributed by atoms with van der Waals surface area (Å²) in [5, 5.41) is 8.17. The molecule has 4 heteroatoms. The molecule has 0 fully saturated rings. The van der Waals surface area contributed by atoms with Crippen molar-refractivity contribution in [1.82, 2.24) is 4.90 Å². The van der Waals surface area contributed by atoms with Gasteiger partial charge < -0.3 is 10.0 Å². The van der Waals surface area contributed by atoms with E-state index >= 15 is 0 Å². The van der Waals surface area contributed by atoms with Crippen LogP contribution in [0.2, 0.25) is 0 Å². The van der Waals surface area contributed by atoms with Gasteiger partial charge in [-0.05, 0) is 6.92 Å². The van der Waals surface area contributed by atoms with E-state index in [1.165, 1.54) is 4.90 Å². The summed E-state index contributed by atoms with van der Waals surface area (Å²) in [6.45, 7) is 2.09. The number of carbonyl (C=O) groups is 1. The van der Waals surface area contributed by atoms with Crippen LogP contribution in [0.4, 0.5) is 0 Å². The van der Waals surface area contributed by atoms with Gasteiger partial charge in [-0.1, -0.05) is 0 Å². The molecule has 0 aliphatic rings. The largest absolute Gasteiger partial charge is 0.395 e. The van der Waals surface area contributed by atoms with E-state index in [1.54, 1.807) is 14.0 Å². The van der Waals surface area contributed by atoms with Crippen molar-refractivity contribution < 1.29 is 9.90 Å². The van der Waals surface area contributed by atoms with Gasteiger partial charge in [0.2, 0.25) is 5.91 Å². The number of hydrogen-bond acceptors (Lipinski definition) is 3. The molecule has 1 N–H and O–H groups in total. The number of nitrogens with zero attached hydrogens (tertiary/aromatic N) is 1. The molecule has 1 amide bonds. The standard InChI is InChI=1S/C6H13NO2S/c1-5(10)6(9)7(2)3-4-8/h5,8,10H,3-4H2,1-2H3. The van der Waals surface area contributed by atoms with Crippen LogP contribution in [-0.4, -0.2) is 41.4 Å². The van der Waals surface area contributed by atoms with Crippen molar-refractivity contribution in [2.75, 3.05) is 20.2 Å². The molecule has 0 spiro atoms. The number of carbonyl (C=O) groups excluding carboxylic acids is 1. The van der Waals surface area contributed by atoms with Gasteiger partial charge in [-0.15, -0.1) is 0 Å². The first-order valence-corrected chi connectivity index (χ1v) is 3.65. The smallest absolute Gasteiger partial charge is 0.234 e. The van der Waals surface area contributed by atoms with Crippen molar-refractivity contribution >= 4 is 18.5 Å². The van der Waals surface area contributed by atoms with Gasteiger partial charge in [0.05, 0.1) is 11.9 Å². The number of aliphatic hydroxyl groups is 1. The lowest BCUT2D eigenvalue weighted by Crippen LogP contribution is -2.34. The minimum atomic E-state index is -0.281. The third-order valence-electron chi connectivity index (χ3n) is 1.17. The Labute approximate surface area is 66.4 Å². The Bertz CT molecular complexity index is 116. The molecule has 0 radical (unpaired) electrons. The zero-order valence-electron chi connectivity index (χ0n) is 6.24. The van der Waals surface area contributed by atoms with Crippen molar-refractivity contribution in [3.8, 4) is 0 Å². The molecule has 10 heavy (non-hydrogen) atoms. The second-order valence-electron chi connectivity index (χ2n) is 2.16. The van der Waals surface area contributed by atoms with Crippen molar-refractivity contribution in [2.45, 2.75) is 12.2 Å². The van der Waals surface area contributed by atoms with Gasteiger partial charge in [0.25, 0.3) is 0 Å². The van der Waals surface area contributed by atoms with Gasteiger partial charge in [-0.3, -0.25) is 4.79 Å². The van der Waals surface area contributed by atoms with Crippen molar-refractivity contribution in [2.24, 2.45) is 0 Å². The Morgan fingerprint density at radius 2 is 2.30 bits per heavy atom. The highest BCUT2D eigenvalue weighted by Crippen LogP contribution is 1.97. The SMILES string of the molecule is CC(S)C(=O)N(C)CCO. The van der Waals surface area contributed by atoms with Crippen LogP contribution < -0.4 is 0 Å². The molecule has 0 saturated heterocycles. The maximum Gasteiger partial charge on any atom is 0.234 e. The highest BCUT2D eigenvalue weighted by Gasteiger charge is 2.11. The average Bonchev–Trinajstić information content (AvgIpc) is 1.87. The second kappa shape index (κ2) is 4.57. The Morgan fingerprint density at radius 1 is 1.80 bits per heavy atom. The van der Waals surface area contributed by atoms with Gasteiger partial charge in [0.1, 0.15) is 0 Å². The molecule has 3 nitrogen and oxygen atoms in total. The average molecular weight is 163 g/mol. The molecule has 0 aromatic heterocycles. The zero-order valence-corrected chi connectivity index (χ0v) is 7.14. The summed E-state index contributed by atoms with van der Waals surface area (Å²) in [5.41, 5.74) is 0. The lowest BCUT2D eigenvalue weighted by molar-refractivity contribution is -0.129. The summed E-state index contributed by atoms with van der Waals surface area (Å²) >= 11 is 3.95. The zero-order chi connectivity index (χ0) is 8.15. The van der Waals surface area contributed by atoms with E-state index < -0.39 is 0 Å². The van der Waals surface area contributed by atoms with E-state index in [9.17, 15) is 4.79 Å². The fourth-order valence-electron chi connectivity index (χ4n) is 0.579. The molecular weight excluding hydrogens is 150 g/mol. The summed E-state index contributed by atoms with van der Waals surface area (Å²) < 4.78 is 0. The molecule has 0 aromatic rings. The lowest BCUT2D eigenvalue weighted by atomic mass is 10.4. The van der Waals surface area contributed by atoms with E-state index in [0.717, 1.165) is 0 Å². The van der Waals surface area contributed by atoms with Gasteiger partial charge in [0.15, 0.2) is 0 Å². The molecule has 0 aliphatic heterocycles. The quantitative estimate of drug-likeness (QED) is 0.564. The molecule has 0 rings (SSSR count). The van der Waals surface area contributed by atoms with Crippen LogP contribution >= 0.6 is 12.6 Å². The van der Waals surface area contributed by atoms with Crippen LogP contribution in [0, 0.1) is 0 Å². The Morgan fingerprint density at radius 3 is 2.60 bits per heavy atom. The monoisotopic (exact) mass is 163 g/mol. The summed E-state index contributed by atoms with van der Waals surface area (Å²) in [6, 6.07) is 0. The first-order valence-electron chi connectivity index (χ1n) is 3.13. The number of thiol groups is 1. The maximum absolute atomic E-state index is 11.0. The third kappa shape index (κ3) is 3.08. The predicted molar refractivity (Wildman–Crippen MR) is 43.2 cm³/mol. The number of likely N-dealkylation sites (N-methyl/N-ethyl adjacent to an activating group) is 1. The summed E-state index contributed by atoms with van der Waals surface area (Å²) in [7, 11) is 1.64. The molecular formula is C6H13NO2S. The van der Waals surface area contributed by atoms with E-state index in [1.807, 2.05) is 0 Å². The fraction of sp³-hybridized carbons (Fsp3) is 0.833. The molecule has 60 valence electrons. The normalized spacial score (nSPS) is 12.8. The molecule has 0 aliphatic carbocycles. The first-order chi connectivity index (χ1) is 4.59. The van der Waals surface area contributed by atoms with Crippen LogP contribution in [-0.2, 0) is 4.79 Å². The lowest BCUT2D eigenvalue weighted by Gasteiger charge is -2.16. The molecule has 0 saturated carbocycles. The minimum absolute atomic E-state index is 0.00272. The topological polar surface area (TPSA) is 40.5 Å². The summed E-state index contributed by atoms with van der Waals surface area (Å²) in [5.74, 6) is -0.0580. The third-order valence-corrected chi connectivity index (χ3v) is 1.39. The number of hydrogen-bond donors (Lipinski definition) is 2. The maximum atomic E-state index is 11.0. The van der Waals surface area contributed by atoms with Gasteiger partial charge >= 0.3 is 0 Å². The number of aliphatic hydroxyl groups excluding tert-OH is 1. The van der Waals surface area contributed by atoms with Gasteiger partial charge in [-0.25, -0.2) is 0 Å².